The molecule has 1 saturated heterocycles. The molecule has 1 aliphatic heterocycles. The second-order valence-corrected chi connectivity index (χ2v) is 11.4. The number of benzene rings is 4. The van der Waals surface area contributed by atoms with Crippen LogP contribution in [0.1, 0.15) is 36.3 Å². The first-order valence-electron chi connectivity index (χ1n) is 14.0. The average Bonchev–Trinajstić information content (AvgIpc) is 2.98. The second-order valence-electron chi connectivity index (χ2n) is 10.6. The Bertz CT molecular complexity index is 1400. The fourth-order valence-electron chi connectivity index (χ4n) is 5.60. The maximum atomic E-state index is 12.7. The summed E-state index contributed by atoms with van der Waals surface area (Å²) in [6, 6.07) is 30.5. The molecular formula is C34H35Cl2NO3. The van der Waals surface area contributed by atoms with Crippen molar-refractivity contribution in [2.45, 2.75) is 31.6 Å². The zero-order valence-corrected chi connectivity index (χ0v) is 24.1. The monoisotopic (exact) mass is 575 g/mol. The van der Waals surface area contributed by atoms with Crippen LogP contribution in [0.5, 0.6) is 5.75 Å². The zero-order valence-electron chi connectivity index (χ0n) is 22.6. The predicted molar refractivity (Wildman–Crippen MR) is 164 cm³/mol. The molecule has 0 spiro atoms. The Morgan fingerprint density at radius 3 is 2.45 bits per heavy atom. The number of rotatable bonds is 11. The number of hydrogen-bond donors (Lipinski definition) is 0. The summed E-state index contributed by atoms with van der Waals surface area (Å²) in [4.78, 5) is 15.2. The number of carbonyl (C=O) groups excluding carboxylic acids is 1. The molecule has 1 atom stereocenters. The molecule has 0 bridgehead atoms. The van der Waals surface area contributed by atoms with E-state index < -0.39 is 5.97 Å². The Labute approximate surface area is 246 Å². The number of hydrogen-bond acceptors (Lipinski definition) is 4. The van der Waals surface area contributed by atoms with Gasteiger partial charge in [0, 0.05) is 10.9 Å². The smallest absolute Gasteiger partial charge is 0.344 e. The summed E-state index contributed by atoms with van der Waals surface area (Å²) >= 11 is 12.1. The number of ether oxygens (including phenoxy) is 2. The van der Waals surface area contributed by atoms with Gasteiger partial charge < -0.3 is 14.4 Å². The molecule has 1 fully saturated rings. The number of carbonyl (C=O) groups is 1. The average molecular weight is 577 g/mol. The van der Waals surface area contributed by atoms with Gasteiger partial charge in [0.15, 0.2) is 6.61 Å². The van der Waals surface area contributed by atoms with Gasteiger partial charge in [-0.2, -0.15) is 0 Å². The Hall–Kier alpha value is -3.05. The normalized spacial score (nSPS) is 15.2. The van der Waals surface area contributed by atoms with Crippen molar-refractivity contribution in [3.05, 3.63) is 112 Å². The minimum absolute atomic E-state index is 0.0798. The molecule has 0 aliphatic carbocycles. The topological polar surface area (TPSA) is 38.8 Å². The predicted octanol–water partition coefficient (Wildman–Crippen LogP) is 8.20. The summed E-state index contributed by atoms with van der Waals surface area (Å²) in [5, 5.41) is 3.27. The molecular weight excluding hydrogens is 541 g/mol. The van der Waals surface area contributed by atoms with Crippen LogP contribution in [0.2, 0.25) is 10.0 Å². The van der Waals surface area contributed by atoms with Crippen molar-refractivity contribution < 1.29 is 14.3 Å². The molecule has 0 N–H and O–H groups in total. The molecule has 0 amide bonds. The molecule has 6 heteroatoms. The highest BCUT2D eigenvalue weighted by Gasteiger charge is 2.23. The number of likely N-dealkylation sites (tertiary alicyclic amines) is 1. The summed E-state index contributed by atoms with van der Waals surface area (Å²) in [6.07, 6.45) is 4.50. The van der Waals surface area contributed by atoms with Gasteiger partial charge in [-0.25, -0.2) is 4.79 Å². The molecule has 1 aliphatic rings. The van der Waals surface area contributed by atoms with Crippen LogP contribution < -0.4 is 4.74 Å². The quantitative estimate of drug-likeness (QED) is 0.169. The van der Waals surface area contributed by atoms with E-state index in [-0.39, 0.29) is 12.5 Å². The first-order chi connectivity index (χ1) is 19.5. The van der Waals surface area contributed by atoms with Crippen molar-refractivity contribution in [3.63, 3.8) is 0 Å². The third-order valence-electron chi connectivity index (χ3n) is 7.82. The Kier molecular flexibility index (Phi) is 9.99. The summed E-state index contributed by atoms with van der Waals surface area (Å²) in [5.74, 6) is 0.807. The Balaban J connectivity index is 1.19. The van der Waals surface area contributed by atoms with Gasteiger partial charge in [0.05, 0.1) is 11.6 Å². The van der Waals surface area contributed by atoms with E-state index in [1.165, 1.54) is 34.7 Å². The van der Waals surface area contributed by atoms with Gasteiger partial charge in [-0.05, 0) is 91.3 Å². The van der Waals surface area contributed by atoms with E-state index in [9.17, 15) is 4.79 Å². The zero-order chi connectivity index (χ0) is 27.7. The van der Waals surface area contributed by atoms with Gasteiger partial charge in [-0.1, -0.05) is 96.0 Å². The van der Waals surface area contributed by atoms with Gasteiger partial charge in [0.2, 0.25) is 0 Å². The lowest BCUT2D eigenvalue weighted by molar-refractivity contribution is -0.146. The van der Waals surface area contributed by atoms with Crippen LogP contribution in [-0.2, 0) is 16.0 Å². The van der Waals surface area contributed by atoms with Crippen molar-refractivity contribution in [3.8, 4) is 5.75 Å². The SMILES string of the molecule is O=C(COc1ccc(Cl)cc1Cl)OCC(CCN1CCC(Cc2ccccc2)CC1)c1cccc2ccccc12. The molecule has 4 aromatic rings. The van der Waals surface area contributed by atoms with E-state index in [2.05, 4.69) is 77.7 Å². The first kappa shape index (κ1) is 28.5. The lowest BCUT2D eigenvalue weighted by Gasteiger charge is -2.33. The van der Waals surface area contributed by atoms with Crippen molar-refractivity contribution in [1.29, 1.82) is 0 Å². The van der Waals surface area contributed by atoms with Crippen molar-refractivity contribution in [2.75, 3.05) is 32.8 Å². The Morgan fingerprint density at radius 2 is 1.65 bits per heavy atom. The minimum Gasteiger partial charge on any atom is -0.480 e. The molecule has 208 valence electrons. The lowest BCUT2D eigenvalue weighted by atomic mass is 9.89. The first-order valence-corrected chi connectivity index (χ1v) is 14.8. The highest BCUT2D eigenvalue weighted by Crippen LogP contribution is 2.30. The molecule has 5 rings (SSSR count). The van der Waals surface area contributed by atoms with E-state index in [0.29, 0.717) is 22.4 Å². The van der Waals surface area contributed by atoms with E-state index in [0.717, 1.165) is 38.4 Å². The molecule has 0 saturated carbocycles. The standard InChI is InChI=1S/C34H35Cl2NO3/c35-29-13-14-33(32(36)22-29)39-24-34(38)40-23-28(31-12-6-10-27-9-4-5-11-30(27)31)17-20-37-18-15-26(16-19-37)21-25-7-2-1-3-8-25/h1-14,22,26,28H,15-21,23-24H2. The van der Waals surface area contributed by atoms with Crippen molar-refractivity contribution in [1.82, 2.24) is 4.90 Å². The van der Waals surface area contributed by atoms with Gasteiger partial charge in [-0.3, -0.25) is 0 Å². The van der Waals surface area contributed by atoms with Crippen molar-refractivity contribution in [2.24, 2.45) is 5.92 Å². The van der Waals surface area contributed by atoms with Crippen molar-refractivity contribution >= 4 is 39.9 Å². The third-order valence-corrected chi connectivity index (χ3v) is 8.35. The minimum atomic E-state index is -0.419. The summed E-state index contributed by atoms with van der Waals surface area (Å²) in [6.45, 7) is 3.28. The van der Waals surface area contributed by atoms with Crippen LogP contribution >= 0.6 is 23.2 Å². The fourth-order valence-corrected chi connectivity index (χ4v) is 6.06. The number of esters is 1. The van der Waals surface area contributed by atoms with Crippen LogP contribution in [0, 0.1) is 5.92 Å². The number of nitrogens with zero attached hydrogens (tertiary/aromatic N) is 1. The summed E-state index contributed by atoms with van der Waals surface area (Å²) < 4.78 is 11.4. The van der Waals surface area contributed by atoms with Gasteiger partial charge in [0.1, 0.15) is 5.75 Å². The van der Waals surface area contributed by atoms with Crippen LogP contribution in [0.25, 0.3) is 10.8 Å². The summed E-state index contributed by atoms with van der Waals surface area (Å²) in [7, 11) is 0. The maximum Gasteiger partial charge on any atom is 0.344 e. The van der Waals surface area contributed by atoms with Crippen LogP contribution in [0.3, 0.4) is 0 Å². The van der Waals surface area contributed by atoms with Crippen LogP contribution in [0.15, 0.2) is 91.0 Å². The van der Waals surface area contributed by atoms with Gasteiger partial charge in [-0.15, -0.1) is 0 Å². The highest BCUT2D eigenvalue weighted by atomic mass is 35.5. The number of piperidine rings is 1. The number of fused-ring (bicyclic) bond motifs is 1. The van der Waals surface area contributed by atoms with Gasteiger partial charge >= 0.3 is 5.97 Å². The Morgan fingerprint density at radius 1 is 0.900 bits per heavy atom. The van der Waals surface area contributed by atoms with Crippen LogP contribution in [-0.4, -0.2) is 43.7 Å². The molecule has 40 heavy (non-hydrogen) atoms. The van der Waals surface area contributed by atoms with Crippen LogP contribution in [0.4, 0.5) is 0 Å². The largest absolute Gasteiger partial charge is 0.480 e. The van der Waals surface area contributed by atoms with E-state index >= 15 is 0 Å². The lowest BCUT2D eigenvalue weighted by Crippen LogP contribution is -2.36. The maximum absolute atomic E-state index is 12.7. The molecule has 4 aromatic carbocycles. The van der Waals surface area contributed by atoms with Gasteiger partial charge in [0.25, 0.3) is 0 Å². The molecule has 0 radical (unpaired) electrons. The molecule has 4 nitrogen and oxygen atoms in total. The van der Waals surface area contributed by atoms with E-state index in [1.54, 1.807) is 18.2 Å². The molecule has 1 unspecified atom stereocenters. The molecule has 1 heterocycles. The third kappa shape index (κ3) is 7.78. The number of halogens is 2. The molecule has 0 aromatic heterocycles. The van der Waals surface area contributed by atoms with E-state index in [1.807, 2.05) is 0 Å². The highest BCUT2D eigenvalue weighted by molar-refractivity contribution is 6.35. The summed E-state index contributed by atoms with van der Waals surface area (Å²) in [5.41, 5.74) is 2.65. The second kappa shape index (κ2) is 14.0. The van der Waals surface area contributed by atoms with E-state index in [4.69, 9.17) is 32.7 Å². The fraction of sp³-hybridized carbons (Fsp3) is 0.324.